The van der Waals surface area contributed by atoms with Gasteiger partial charge in [0.2, 0.25) is 0 Å². The average molecular weight is 346 g/mol. The third-order valence-electron chi connectivity index (χ3n) is 3.86. The zero-order valence-electron chi connectivity index (χ0n) is 13.1. The maximum Gasteiger partial charge on any atom is 0.308 e. The topological polar surface area (TPSA) is 55.8 Å². The summed E-state index contributed by atoms with van der Waals surface area (Å²) in [6, 6.07) is 13.5. The van der Waals surface area contributed by atoms with Gasteiger partial charge in [0.1, 0.15) is 12.4 Å². The number of anilines is 1. The van der Waals surface area contributed by atoms with Gasteiger partial charge in [0.15, 0.2) is 0 Å². The number of carbonyl (C=O) groups excluding carboxylic acids is 2. The van der Waals surface area contributed by atoms with Gasteiger partial charge < -0.3 is 9.47 Å². The average Bonchev–Trinajstić information content (AvgIpc) is 3.02. The summed E-state index contributed by atoms with van der Waals surface area (Å²) < 4.78 is 10.4. The molecule has 0 N–H and O–H groups in total. The van der Waals surface area contributed by atoms with Crippen LogP contribution in [-0.4, -0.2) is 31.6 Å². The number of benzene rings is 2. The Hall–Kier alpha value is -2.53. The van der Waals surface area contributed by atoms with Crippen molar-refractivity contribution in [3.8, 4) is 5.75 Å². The fourth-order valence-electron chi connectivity index (χ4n) is 2.70. The number of halogens is 1. The lowest BCUT2D eigenvalue weighted by molar-refractivity contribution is -0.137. The van der Waals surface area contributed by atoms with E-state index in [-0.39, 0.29) is 30.9 Å². The molecular weight excluding hydrogens is 330 g/mol. The molecule has 1 saturated heterocycles. The Labute approximate surface area is 144 Å². The van der Waals surface area contributed by atoms with Gasteiger partial charge in [0, 0.05) is 10.6 Å². The van der Waals surface area contributed by atoms with E-state index in [1.54, 1.807) is 48.4 Å². The van der Waals surface area contributed by atoms with Crippen LogP contribution in [0.3, 0.4) is 0 Å². The predicted octanol–water partition coefficient (Wildman–Crippen LogP) is 3.31. The van der Waals surface area contributed by atoms with Crippen molar-refractivity contribution in [2.45, 2.75) is 12.5 Å². The van der Waals surface area contributed by atoms with E-state index < -0.39 is 0 Å². The summed E-state index contributed by atoms with van der Waals surface area (Å²) in [7, 11) is 1.54. The molecule has 0 bridgehead atoms. The molecule has 1 fully saturated rings. The molecule has 2 aromatic carbocycles. The number of ether oxygens (including phenoxy) is 2. The molecule has 1 aliphatic rings. The van der Waals surface area contributed by atoms with Crippen LogP contribution in [0.1, 0.15) is 16.8 Å². The maximum absolute atomic E-state index is 13.1. The number of nitrogens with zero attached hydrogens (tertiary/aromatic N) is 1. The third-order valence-corrected chi connectivity index (χ3v) is 4.11. The normalized spacial score (nSPS) is 16.6. The lowest BCUT2D eigenvalue weighted by Gasteiger charge is -2.28. The smallest absolute Gasteiger partial charge is 0.308 e. The zero-order valence-corrected chi connectivity index (χ0v) is 13.8. The van der Waals surface area contributed by atoms with Gasteiger partial charge >= 0.3 is 5.97 Å². The summed E-state index contributed by atoms with van der Waals surface area (Å²) in [6.45, 7) is 0.163. The van der Waals surface area contributed by atoms with Crippen molar-refractivity contribution in [3.63, 3.8) is 0 Å². The number of hydrogen-bond acceptors (Lipinski definition) is 4. The highest BCUT2D eigenvalue weighted by molar-refractivity contribution is 6.30. The molecule has 1 atom stereocenters. The molecule has 1 aliphatic heterocycles. The van der Waals surface area contributed by atoms with E-state index in [1.165, 1.54) is 0 Å². The highest BCUT2D eigenvalue weighted by Crippen LogP contribution is 2.33. The Morgan fingerprint density at radius 3 is 2.54 bits per heavy atom. The van der Waals surface area contributed by atoms with E-state index in [4.69, 9.17) is 21.1 Å². The molecule has 6 heteroatoms. The Kier molecular flexibility index (Phi) is 4.71. The van der Waals surface area contributed by atoms with Gasteiger partial charge in [-0.1, -0.05) is 23.7 Å². The molecule has 0 spiro atoms. The van der Waals surface area contributed by atoms with E-state index in [1.807, 2.05) is 12.1 Å². The monoisotopic (exact) mass is 345 g/mol. The number of amides is 1. The summed E-state index contributed by atoms with van der Waals surface area (Å²) in [5.74, 6) is 0.00225. The third kappa shape index (κ3) is 3.21. The van der Waals surface area contributed by atoms with Crippen LogP contribution in [0.25, 0.3) is 0 Å². The number of para-hydroxylation sites is 2. The van der Waals surface area contributed by atoms with Gasteiger partial charge in [0.05, 0.1) is 25.3 Å². The van der Waals surface area contributed by atoms with Gasteiger partial charge in [-0.15, -0.1) is 0 Å². The van der Waals surface area contributed by atoms with Crippen LogP contribution < -0.4 is 9.64 Å². The van der Waals surface area contributed by atoms with Crippen molar-refractivity contribution in [3.05, 3.63) is 59.1 Å². The molecule has 0 saturated carbocycles. The molecule has 24 heavy (non-hydrogen) atoms. The molecule has 1 unspecified atom stereocenters. The largest absolute Gasteiger partial charge is 0.495 e. The van der Waals surface area contributed by atoms with E-state index in [2.05, 4.69) is 0 Å². The van der Waals surface area contributed by atoms with Gasteiger partial charge in [-0.05, 0) is 36.4 Å². The second-order valence-corrected chi connectivity index (χ2v) is 5.83. The molecule has 0 aromatic heterocycles. The number of methoxy groups -OCH3 is 1. The minimum atomic E-state index is -0.378. The predicted molar refractivity (Wildman–Crippen MR) is 90.6 cm³/mol. The molecule has 124 valence electrons. The number of rotatable bonds is 4. The summed E-state index contributed by atoms with van der Waals surface area (Å²) in [4.78, 5) is 26.2. The Balaban J connectivity index is 2.03. The molecule has 1 amide bonds. The first-order valence-electron chi connectivity index (χ1n) is 7.48. The molecule has 3 rings (SSSR count). The van der Waals surface area contributed by atoms with Crippen LogP contribution in [0.5, 0.6) is 5.75 Å². The molecular formula is C18H16ClNO4. The van der Waals surface area contributed by atoms with Gasteiger partial charge in [0.25, 0.3) is 5.91 Å². The van der Waals surface area contributed by atoms with E-state index in [9.17, 15) is 9.59 Å². The van der Waals surface area contributed by atoms with Gasteiger partial charge in [-0.3, -0.25) is 14.5 Å². The second kappa shape index (κ2) is 6.93. The number of cyclic esters (lactones) is 1. The van der Waals surface area contributed by atoms with E-state index >= 15 is 0 Å². The van der Waals surface area contributed by atoms with Crippen molar-refractivity contribution in [1.29, 1.82) is 0 Å². The maximum atomic E-state index is 13.1. The SMILES string of the molecule is COc1ccccc1N(C(=O)c1ccc(Cl)cc1)C1COC(=O)C1. The minimum Gasteiger partial charge on any atom is -0.495 e. The Bertz CT molecular complexity index is 760. The first-order valence-corrected chi connectivity index (χ1v) is 7.85. The molecule has 1 heterocycles. The number of carbonyl (C=O) groups is 2. The van der Waals surface area contributed by atoms with E-state index in [0.717, 1.165) is 0 Å². The van der Waals surface area contributed by atoms with Crippen molar-refractivity contribution in [2.75, 3.05) is 18.6 Å². The highest BCUT2D eigenvalue weighted by atomic mass is 35.5. The molecule has 0 radical (unpaired) electrons. The van der Waals surface area contributed by atoms with Crippen LogP contribution >= 0.6 is 11.6 Å². The summed E-state index contributed by atoms with van der Waals surface area (Å²) in [6.07, 6.45) is 0.150. The number of esters is 1. The minimum absolute atomic E-state index is 0.150. The summed E-state index contributed by atoms with van der Waals surface area (Å²) in [5, 5.41) is 0.551. The first-order chi connectivity index (χ1) is 11.6. The fraction of sp³-hybridized carbons (Fsp3) is 0.222. The zero-order chi connectivity index (χ0) is 17.1. The lowest BCUT2D eigenvalue weighted by atomic mass is 10.1. The highest BCUT2D eigenvalue weighted by Gasteiger charge is 2.35. The molecule has 2 aromatic rings. The van der Waals surface area contributed by atoms with Crippen molar-refractivity contribution in [2.24, 2.45) is 0 Å². The van der Waals surface area contributed by atoms with Crippen molar-refractivity contribution < 1.29 is 19.1 Å². The van der Waals surface area contributed by atoms with Crippen LogP contribution in [0.15, 0.2) is 48.5 Å². The summed E-state index contributed by atoms with van der Waals surface area (Å²) in [5.41, 5.74) is 1.08. The fourth-order valence-corrected chi connectivity index (χ4v) is 2.82. The standard InChI is InChI=1S/C18H16ClNO4/c1-23-16-5-3-2-4-15(16)20(14-10-17(21)24-11-14)18(22)12-6-8-13(19)9-7-12/h2-9,14H,10-11H2,1H3. The summed E-state index contributed by atoms with van der Waals surface area (Å²) >= 11 is 5.90. The van der Waals surface area contributed by atoms with Crippen LogP contribution in [0.2, 0.25) is 5.02 Å². The quantitative estimate of drug-likeness (QED) is 0.798. The van der Waals surface area contributed by atoms with Gasteiger partial charge in [-0.2, -0.15) is 0 Å². The van der Waals surface area contributed by atoms with Crippen molar-refractivity contribution >= 4 is 29.2 Å². The van der Waals surface area contributed by atoms with Gasteiger partial charge in [-0.25, -0.2) is 0 Å². The van der Waals surface area contributed by atoms with Crippen LogP contribution in [0.4, 0.5) is 5.69 Å². The Morgan fingerprint density at radius 1 is 1.21 bits per heavy atom. The lowest BCUT2D eigenvalue weighted by Crippen LogP contribution is -2.41. The first kappa shape index (κ1) is 16.3. The molecule has 5 nitrogen and oxygen atoms in total. The van der Waals surface area contributed by atoms with Crippen molar-refractivity contribution in [1.82, 2.24) is 0 Å². The Morgan fingerprint density at radius 2 is 1.92 bits per heavy atom. The van der Waals surface area contributed by atoms with Crippen LogP contribution in [-0.2, 0) is 9.53 Å². The van der Waals surface area contributed by atoms with E-state index in [0.29, 0.717) is 22.0 Å². The second-order valence-electron chi connectivity index (χ2n) is 5.39. The molecule has 0 aliphatic carbocycles. The number of hydrogen-bond donors (Lipinski definition) is 0. The van der Waals surface area contributed by atoms with Crippen LogP contribution in [0, 0.1) is 0 Å².